The maximum Gasteiger partial charge on any atom is 0.151 e. The van der Waals surface area contributed by atoms with Crippen molar-refractivity contribution in [1.82, 2.24) is 4.90 Å². The van der Waals surface area contributed by atoms with Gasteiger partial charge in [0.1, 0.15) is 0 Å². The number of nitrogens with zero attached hydrogens (tertiary/aromatic N) is 1. The number of ketones is 1. The fraction of sp³-hybridized carbons (Fsp3) is 0.917. The van der Waals surface area contributed by atoms with Crippen LogP contribution in [0.4, 0.5) is 0 Å². The molecule has 1 heterocycles. The molecular weight excluding hydrogens is 188 g/mol. The first-order chi connectivity index (χ1) is 7.22. The first-order valence-electron chi connectivity index (χ1n) is 6.24. The molecule has 2 N–H and O–H groups in total. The number of hydrogen-bond acceptors (Lipinski definition) is 3. The van der Waals surface area contributed by atoms with Gasteiger partial charge in [-0.15, -0.1) is 0 Å². The van der Waals surface area contributed by atoms with Crippen molar-refractivity contribution in [3.63, 3.8) is 0 Å². The molecule has 2 fully saturated rings. The number of likely N-dealkylation sites (tertiary alicyclic amines) is 1. The van der Waals surface area contributed by atoms with E-state index >= 15 is 0 Å². The Hall–Kier alpha value is -0.410. The normalized spacial score (nSPS) is 37.7. The van der Waals surface area contributed by atoms with E-state index in [-0.39, 0.29) is 11.8 Å². The molecule has 0 aromatic rings. The van der Waals surface area contributed by atoms with Crippen LogP contribution in [0.25, 0.3) is 0 Å². The Kier molecular flexibility index (Phi) is 3.42. The van der Waals surface area contributed by atoms with E-state index in [0.29, 0.717) is 18.4 Å². The molecule has 86 valence electrons. The summed E-state index contributed by atoms with van der Waals surface area (Å²) in [6.07, 6.45) is 5.35. The predicted octanol–water partition coefficient (Wildman–Crippen LogP) is 1.17. The lowest BCUT2D eigenvalue weighted by Gasteiger charge is -2.44. The zero-order valence-electron chi connectivity index (χ0n) is 9.61. The molecule has 3 atom stereocenters. The van der Waals surface area contributed by atoms with Crippen LogP contribution in [0.3, 0.4) is 0 Å². The summed E-state index contributed by atoms with van der Waals surface area (Å²) >= 11 is 0. The topological polar surface area (TPSA) is 46.3 Å². The van der Waals surface area contributed by atoms with Gasteiger partial charge in [-0.05, 0) is 44.7 Å². The van der Waals surface area contributed by atoms with Crippen molar-refractivity contribution in [2.45, 2.75) is 51.1 Å². The zero-order chi connectivity index (χ0) is 10.8. The quantitative estimate of drug-likeness (QED) is 0.744. The Morgan fingerprint density at radius 1 is 1.53 bits per heavy atom. The van der Waals surface area contributed by atoms with Crippen LogP contribution in [0, 0.1) is 5.92 Å². The van der Waals surface area contributed by atoms with E-state index in [9.17, 15) is 4.79 Å². The molecule has 0 amide bonds. The van der Waals surface area contributed by atoms with E-state index in [1.165, 1.54) is 25.8 Å². The van der Waals surface area contributed by atoms with E-state index in [0.717, 1.165) is 13.0 Å². The Labute approximate surface area is 92.0 Å². The molecular formula is C12H22N2O. The summed E-state index contributed by atoms with van der Waals surface area (Å²) in [5, 5.41) is 0. The maximum atomic E-state index is 11.6. The minimum atomic E-state index is -0.173. The van der Waals surface area contributed by atoms with E-state index < -0.39 is 0 Å². The number of piperidine rings is 1. The number of carbonyl (C=O) groups excluding carboxylic acids is 1. The molecule has 3 nitrogen and oxygen atoms in total. The van der Waals surface area contributed by atoms with Crippen molar-refractivity contribution < 1.29 is 4.79 Å². The molecule has 0 radical (unpaired) electrons. The van der Waals surface area contributed by atoms with Gasteiger partial charge in [-0.1, -0.05) is 6.92 Å². The molecule has 0 bridgehead atoms. The van der Waals surface area contributed by atoms with Crippen molar-refractivity contribution in [1.29, 1.82) is 0 Å². The van der Waals surface area contributed by atoms with Gasteiger partial charge in [-0.25, -0.2) is 0 Å². The third kappa shape index (κ3) is 2.23. The molecule has 1 aliphatic carbocycles. The van der Waals surface area contributed by atoms with Crippen LogP contribution >= 0.6 is 0 Å². The lowest BCUT2D eigenvalue weighted by Crippen LogP contribution is -2.53. The fourth-order valence-electron chi connectivity index (χ4n) is 3.16. The van der Waals surface area contributed by atoms with Crippen molar-refractivity contribution in [2.24, 2.45) is 11.7 Å². The number of hydrogen-bond donors (Lipinski definition) is 1. The highest BCUT2D eigenvalue weighted by Gasteiger charge is 2.38. The minimum Gasteiger partial charge on any atom is -0.321 e. The summed E-state index contributed by atoms with van der Waals surface area (Å²) in [4.78, 5) is 14.2. The van der Waals surface area contributed by atoms with Gasteiger partial charge >= 0.3 is 0 Å². The van der Waals surface area contributed by atoms with E-state index in [4.69, 9.17) is 5.73 Å². The van der Waals surface area contributed by atoms with Crippen LogP contribution < -0.4 is 5.73 Å². The van der Waals surface area contributed by atoms with Crippen LogP contribution in [0.5, 0.6) is 0 Å². The highest BCUT2D eigenvalue weighted by Crippen LogP contribution is 2.33. The van der Waals surface area contributed by atoms with Gasteiger partial charge in [0.05, 0.1) is 6.04 Å². The predicted molar refractivity (Wildman–Crippen MR) is 60.6 cm³/mol. The van der Waals surface area contributed by atoms with E-state index in [1.807, 2.05) is 0 Å². The first kappa shape index (κ1) is 11.1. The summed E-state index contributed by atoms with van der Waals surface area (Å²) in [5.74, 6) is 0.956. The molecule has 0 spiro atoms. The van der Waals surface area contributed by atoms with Gasteiger partial charge in [-0.2, -0.15) is 0 Å². The van der Waals surface area contributed by atoms with Crippen molar-refractivity contribution >= 4 is 5.78 Å². The van der Waals surface area contributed by atoms with Gasteiger partial charge in [0.2, 0.25) is 0 Å². The highest BCUT2D eigenvalue weighted by atomic mass is 16.1. The summed E-state index contributed by atoms with van der Waals surface area (Å²) in [7, 11) is 0. The van der Waals surface area contributed by atoms with Gasteiger partial charge in [0.25, 0.3) is 0 Å². The fourth-order valence-corrected chi connectivity index (χ4v) is 3.16. The molecule has 1 saturated heterocycles. The van der Waals surface area contributed by atoms with Crippen molar-refractivity contribution in [2.75, 3.05) is 13.1 Å². The molecule has 15 heavy (non-hydrogen) atoms. The van der Waals surface area contributed by atoms with Crippen molar-refractivity contribution in [3.05, 3.63) is 0 Å². The van der Waals surface area contributed by atoms with Gasteiger partial charge < -0.3 is 5.73 Å². The largest absolute Gasteiger partial charge is 0.321 e. The smallest absolute Gasteiger partial charge is 0.151 e. The number of nitrogens with two attached hydrogens (primary N) is 1. The van der Waals surface area contributed by atoms with Crippen LogP contribution in [0.1, 0.15) is 39.0 Å². The Morgan fingerprint density at radius 2 is 2.33 bits per heavy atom. The molecule has 3 heteroatoms. The Morgan fingerprint density at radius 3 is 3.07 bits per heavy atom. The summed E-state index contributed by atoms with van der Waals surface area (Å²) in [5.41, 5.74) is 5.84. The second kappa shape index (κ2) is 4.62. The second-order valence-corrected chi connectivity index (χ2v) is 5.02. The van der Waals surface area contributed by atoms with Crippen molar-refractivity contribution in [3.8, 4) is 0 Å². The third-order valence-corrected chi connectivity index (χ3v) is 3.92. The number of rotatable bonds is 2. The minimum absolute atomic E-state index is 0.173. The standard InChI is InChI=1S/C12H22N2O/c1-2-5-14-6-3-4-9-7-10(13)12(15)8-11(9)14/h9-11H,2-8,13H2,1H3/t9-,10?,11-/m1/s1. The lowest BCUT2D eigenvalue weighted by molar-refractivity contribution is -0.126. The third-order valence-electron chi connectivity index (χ3n) is 3.92. The molecule has 1 unspecified atom stereocenters. The molecule has 2 rings (SSSR count). The maximum absolute atomic E-state index is 11.6. The van der Waals surface area contributed by atoms with Crippen LogP contribution in [-0.2, 0) is 4.79 Å². The van der Waals surface area contributed by atoms with Crippen LogP contribution in [0.15, 0.2) is 0 Å². The second-order valence-electron chi connectivity index (χ2n) is 5.02. The molecule has 0 aromatic carbocycles. The lowest BCUT2D eigenvalue weighted by atomic mass is 9.76. The first-order valence-corrected chi connectivity index (χ1v) is 6.24. The van der Waals surface area contributed by atoms with Gasteiger partial charge in [0, 0.05) is 12.5 Å². The van der Waals surface area contributed by atoms with E-state index in [1.54, 1.807) is 0 Å². The molecule has 0 aromatic heterocycles. The highest BCUT2D eigenvalue weighted by molar-refractivity contribution is 5.85. The SMILES string of the molecule is CCCN1CCC[C@@H]2CC(N)C(=O)C[C@H]21. The van der Waals surface area contributed by atoms with Gasteiger partial charge in [0.15, 0.2) is 5.78 Å². The summed E-state index contributed by atoms with van der Waals surface area (Å²) in [6, 6.07) is 0.332. The van der Waals surface area contributed by atoms with Gasteiger partial charge in [-0.3, -0.25) is 9.69 Å². The average molecular weight is 210 g/mol. The monoisotopic (exact) mass is 210 g/mol. The number of carbonyl (C=O) groups is 1. The molecule has 1 saturated carbocycles. The number of Topliss-reactive ketones (excluding diaryl/α,β-unsaturated/α-hetero) is 1. The zero-order valence-corrected chi connectivity index (χ0v) is 9.61. The van der Waals surface area contributed by atoms with Crippen LogP contribution in [0.2, 0.25) is 0 Å². The summed E-state index contributed by atoms with van der Waals surface area (Å²) in [6.45, 7) is 4.53. The number of fused-ring (bicyclic) bond motifs is 1. The molecule has 2 aliphatic rings. The average Bonchev–Trinajstić information content (AvgIpc) is 2.21. The Balaban J connectivity index is 2.04. The Bertz CT molecular complexity index is 233. The molecule has 1 aliphatic heterocycles. The van der Waals surface area contributed by atoms with Crippen LogP contribution in [-0.4, -0.2) is 35.9 Å². The summed E-state index contributed by atoms with van der Waals surface area (Å²) < 4.78 is 0. The van der Waals surface area contributed by atoms with E-state index in [2.05, 4.69) is 11.8 Å².